The summed E-state index contributed by atoms with van der Waals surface area (Å²) in [6.45, 7) is 0. The molecular weight excluding hydrogens is 322 g/mol. The van der Waals surface area contributed by atoms with Gasteiger partial charge in [-0.3, -0.25) is 0 Å². The molecule has 0 unspecified atom stereocenters. The lowest BCUT2D eigenvalue weighted by Gasteiger charge is -2.15. The molecular formula is C18H13N3O2S. The van der Waals surface area contributed by atoms with Gasteiger partial charge in [0.1, 0.15) is 0 Å². The fourth-order valence-corrected chi connectivity index (χ4v) is 2.82. The molecule has 3 aromatic carbocycles. The van der Waals surface area contributed by atoms with Crippen molar-refractivity contribution in [3.63, 3.8) is 0 Å². The molecule has 0 saturated carbocycles. The molecule has 0 fully saturated rings. The van der Waals surface area contributed by atoms with Gasteiger partial charge in [0, 0.05) is 5.39 Å². The SMILES string of the molecule is O=C(Nc1cccc2ccccc12)N(S)c1noc2ccccc12. The largest absolute Gasteiger partial charge is 0.354 e. The van der Waals surface area contributed by atoms with E-state index in [1.54, 1.807) is 6.07 Å². The van der Waals surface area contributed by atoms with Gasteiger partial charge in [0.2, 0.25) is 0 Å². The Hall–Kier alpha value is -2.99. The van der Waals surface area contributed by atoms with Crippen LogP contribution in [-0.2, 0) is 0 Å². The van der Waals surface area contributed by atoms with Crippen LogP contribution in [0.2, 0.25) is 0 Å². The third kappa shape index (κ3) is 2.47. The van der Waals surface area contributed by atoms with Crippen LogP contribution in [-0.4, -0.2) is 11.2 Å². The highest BCUT2D eigenvalue weighted by molar-refractivity contribution is 7.82. The average molecular weight is 335 g/mol. The van der Waals surface area contributed by atoms with Crippen LogP contribution in [0, 0.1) is 0 Å². The zero-order valence-electron chi connectivity index (χ0n) is 12.5. The molecule has 0 bridgehead atoms. The number of hydrogen-bond donors (Lipinski definition) is 2. The van der Waals surface area contributed by atoms with E-state index in [0.717, 1.165) is 20.5 Å². The Balaban J connectivity index is 1.66. The van der Waals surface area contributed by atoms with Crippen LogP contribution in [0.5, 0.6) is 0 Å². The van der Waals surface area contributed by atoms with E-state index in [1.165, 1.54) is 0 Å². The second kappa shape index (κ2) is 5.90. The summed E-state index contributed by atoms with van der Waals surface area (Å²) in [6, 6.07) is 20.5. The second-order valence-electron chi connectivity index (χ2n) is 5.27. The van der Waals surface area contributed by atoms with Gasteiger partial charge in [0.05, 0.1) is 11.1 Å². The molecule has 4 rings (SSSR count). The van der Waals surface area contributed by atoms with Crippen molar-refractivity contribution < 1.29 is 9.32 Å². The van der Waals surface area contributed by atoms with Crippen LogP contribution in [0.1, 0.15) is 0 Å². The summed E-state index contributed by atoms with van der Waals surface area (Å²) in [5, 5.41) is 9.53. The fraction of sp³-hybridized carbons (Fsp3) is 0. The first-order valence-corrected chi connectivity index (χ1v) is 7.76. The van der Waals surface area contributed by atoms with E-state index in [1.807, 2.05) is 60.7 Å². The molecule has 0 aliphatic heterocycles. The molecule has 2 amide bonds. The second-order valence-corrected chi connectivity index (χ2v) is 5.67. The predicted octanol–water partition coefficient (Wildman–Crippen LogP) is 4.86. The van der Waals surface area contributed by atoms with Crippen LogP contribution in [0.15, 0.2) is 71.3 Å². The van der Waals surface area contributed by atoms with Crippen LogP contribution >= 0.6 is 12.8 Å². The van der Waals surface area contributed by atoms with Crippen molar-refractivity contribution in [3.8, 4) is 0 Å². The lowest BCUT2D eigenvalue weighted by atomic mass is 10.1. The number of rotatable bonds is 2. The normalized spacial score (nSPS) is 10.9. The summed E-state index contributed by atoms with van der Waals surface area (Å²) < 4.78 is 6.37. The summed E-state index contributed by atoms with van der Waals surface area (Å²) >= 11 is 4.28. The molecule has 0 radical (unpaired) electrons. The number of aromatic nitrogens is 1. The van der Waals surface area contributed by atoms with Crippen molar-refractivity contribution in [3.05, 3.63) is 66.7 Å². The van der Waals surface area contributed by atoms with Crippen LogP contribution in [0.25, 0.3) is 21.7 Å². The van der Waals surface area contributed by atoms with Crippen molar-refractivity contribution in [1.82, 2.24) is 5.16 Å². The van der Waals surface area contributed by atoms with E-state index < -0.39 is 6.03 Å². The van der Waals surface area contributed by atoms with Gasteiger partial charge >= 0.3 is 6.03 Å². The number of amides is 2. The van der Waals surface area contributed by atoms with Gasteiger partial charge < -0.3 is 9.84 Å². The minimum atomic E-state index is -0.409. The average Bonchev–Trinajstić information content (AvgIpc) is 3.05. The minimum Gasteiger partial charge on any atom is -0.354 e. The van der Waals surface area contributed by atoms with Crippen LogP contribution < -0.4 is 9.62 Å². The fourth-order valence-electron chi connectivity index (χ4n) is 2.62. The molecule has 24 heavy (non-hydrogen) atoms. The first-order valence-electron chi connectivity index (χ1n) is 7.36. The van der Waals surface area contributed by atoms with E-state index >= 15 is 0 Å². The number of para-hydroxylation sites is 1. The van der Waals surface area contributed by atoms with E-state index in [4.69, 9.17) is 4.52 Å². The Morgan fingerprint density at radius 3 is 2.54 bits per heavy atom. The first kappa shape index (κ1) is 14.6. The zero-order valence-corrected chi connectivity index (χ0v) is 13.4. The zero-order chi connectivity index (χ0) is 16.5. The maximum absolute atomic E-state index is 12.6. The molecule has 0 atom stereocenters. The summed E-state index contributed by atoms with van der Waals surface area (Å²) in [5.41, 5.74) is 1.31. The monoisotopic (exact) mass is 335 g/mol. The summed E-state index contributed by atoms with van der Waals surface area (Å²) in [4.78, 5) is 12.6. The van der Waals surface area contributed by atoms with Crippen molar-refractivity contribution in [2.45, 2.75) is 0 Å². The molecule has 6 heteroatoms. The topological polar surface area (TPSA) is 58.4 Å². The highest BCUT2D eigenvalue weighted by Crippen LogP contribution is 2.28. The third-order valence-corrected chi connectivity index (χ3v) is 4.15. The van der Waals surface area contributed by atoms with E-state index in [-0.39, 0.29) is 0 Å². The number of nitrogens with zero attached hydrogens (tertiary/aromatic N) is 2. The van der Waals surface area contributed by atoms with Gasteiger partial charge in [0.15, 0.2) is 11.4 Å². The quantitative estimate of drug-likeness (QED) is 0.514. The summed E-state index contributed by atoms with van der Waals surface area (Å²) in [6.07, 6.45) is 0. The molecule has 0 aliphatic carbocycles. The third-order valence-electron chi connectivity index (χ3n) is 3.78. The maximum Gasteiger partial charge on any atom is 0.337 e. The van der Waals surface area contributed by atoms with Crippen molar-refractivity contribution >= 4 is 52.1 Å². The Morgan fingerprint density at radius 1 is 0.958 bits per heavy atom. The van der Waals surface area contributed by atoms with Gasteiger partial charge in [-0.1, -0.05) is 66.5 Å². The molecule has 5 nitrogen and oxygen atoms in total. The molecule has 1 heterocycles. The number of carbonyl (C=O) groups excluding carboxylic acids is 1. The summed E-state index contributed by atoms with van der Waals surface area (Å²) in [7, 11) is 0. The standard InChI is InChI=1S/C18H13N3O2S/c22-18(19-15-10-5-7-12-6-1-2-8-13(12)15)21(24)17-14-9-3-4-11-16(14)23-20-17/h1-11,24H,(H,19,22). The van der Waals surface area contributed by atoms with Crippen LogP contribution in [0.3, 0.4) is 0 Å². The van der Waals surface area contributed by atoms with Crippen molar-refractivity contribution in [2.24, 2.45) is 0 Å². The number of anilines is 2. The minimum absolute atomic E-state index is 0.353. The number of thiol groups is 1. The first-order chi connectivity index (χ1) is 11.7. The van der Waals surface area contributed by atoms with Crippen LogP contribution in [0.4, 0.5) is 16.3 Å². The number of nitrogens with one attached hydrogen (secondary N) is 1. The Bertz CT molecular complexity index is 1040. The van der Waals surface area contributed by atoms with Gasteiger partial charge in [-0.15, -0.1) is 0 Å². The Morgan fingerprint density at radius 2 is 1.67 bits per heavy atom. The highest BCUT2D eigenvalue weighted by atomic mass is 32.1. The molecule has 0 saturated heterocycles. The highest BCUT2D eigenvalue weighted by Gasteiger charge is 2.19. The van der Waals surface area contributed by atoms with Gasteiger partial charge in [-0.25, -0.2) is 9.10 Å². The molecule has 118 valence electrons. The molecule has 1 aromatic heterocycles. The predicted molar refractivity (Wildman–Crippen MR) is 98.4 cm³/mol. The van der Waals surface area contributed by atoms with E-state index in [0.29, 0.717) is 17.1 Å². The van der Waals surface area contributed by atoms with Gasteiger partial charge in [0.25, 0.3) is 0 Å². The molecule has 4 aromatic rings. The number of carbonyl (C=O) groups is 1. The van der Waals surface area contributed by atoms with Crippen molar-refractivity contribution in [1.29, 1.82) is 0 Å². The number of benzene rings is 3. The van der Waals surface area contributed by atoms with Crippen molar-refractivity contribution in [2.75, 3.05) is 9.62 Å². The summed E-state index contributed by atoms with van der Waals surface area (Å²) in [5.74, 6) is 0.353. The smallest absolute Gasteiger partial charge is 0.337 e. The Labute approximate surface area is 143 Å². The Kier molecular flexibility index (Phi) is 3.59. The lowest BCUT2D eigenvalue weighted by molar-refractivity contribution is 0.260. The number of urea groups is 1. The molecule has 0 aliphatic rings. The maximum atomic E-state index is 12.6. The molecule has 1 N–H and O–H groups in total. The van der Waals surface area contributed by atoms with Gasteiger partial charge in [-0.2, -0.15) is 0 Å². The van der Waals surface area contributed by atoms with E-state index in [9.17, 15) is 4.79 Å². The molecule has 0 spiro atoms. The lowest BCUT2D eigenvalue weighted by Crippen LogP contribution is -2.27. The van der Waals surface area contributed by atoms with Gasteiger partial charge in [-0.05, 0) is 23.6 Å². The number of fused-ring (bicyclic) bond motifs is 2. The number of hydrogen-bond acceptors (Lipinski definition) is 4. The van der Waals surface area contributed by atoms with E-state index in [2.05, 4.69) is 23.3 Å².